The lowest BCUT2D eigenvalue weighted by Crippen LogP contribution is -2.11. The zero-order valence-electron chi connectivity index (χ0n) is 7.67. The summed E-state index contributed by atoms with van der Waals surface area (Å²) in [6, 6.07) is 1.36. The summed E-state index contributed by atoms with van der Waals surface area (Å²) in [4.78, 5) is 3.74. The number of hydrogen-bond acceptors (Lipinski definition) is 6. The van der Waals surface area contributed by atoms with Gasteiger partial charge in [-0.25, -0.2) is 18.1 Å². The number of nitrogens with one attached hydrogen (secondary N) is 1. The Morgan fingerprint density at radius 3 is 2.87 bits per heavy atom. The maximum absolute atomic E-state index is 11.6. The van der Waals surface area contributed by atoms with Gasteiger partial charge in [-0.1, -0.05) is 0 Å². The molecule has 0 saturated carbocycles. The van der Waals surface area contributed by atoms with E-state index in [1.54, 1.807) is 6.92 Å². The largest absolute Gasteiger partial charge is 0.428 e. The van der Waals surface area contributed by atoms with Gasteiger partial charge in [0, 0.05) is 6.20 Å². The van der Waals surface area contributed by atoms with Crippen molar-refractivity contribution in [2.24, 2.45) is 0 Å². The summed E-state index contributed by atoms with van der Waals surface area (Å²) in [5.41, 5.74) is 0. The van der Waals surface area contributed by atoms with Crippen LogP contribution in [0, 0.1) is 6.92 Å². The van der Waals surface area contributed by atoms with Crippen molar-refractivity contribution in [1.82, 2.24) is 9.36 Å². The second-order valence-corrected chi connectivity index (χ2v) is 5.46. The van der Waals surface area contributed by atoms with E-state index >= 15 is 0 Å². The molecule has 0 aliphatic heterocycles. The molecule has 0 spiro atoms. The molecule has 0 bridgehead atoms. The van der Waals surface area contributed by atoms with Gasteiger partial charge in [0.15, 0.2) is 4.21 Å². The van der Waals surface area contributed by atoms with Crippen molar-refractivity contribution in [3.8, 4) is 0 Å². The van der Waals surface area contributed by atoms with E-state index in [-0.39, 0.29) is 10.2 Å². The van der Waals surface area contributed by atoms with Gasteiger partial charge in [0.1, 0.15) is 5.76 Å². The molecule has 0 amide bonds. The molecule has 0 unspecified atom stereocenters. The van der Waals surface area contributed by atoms with Crippen LogP contribution in [-0.4, -0.2) is 17.8 Å². The molecule has 0 atom stereocenters. The smallest absolute Gasteiger partial charge is 0.309 e. The number of hydrogen-bond donors (Lipinski definition) is 1. The molecule has 0 aliphatic carbocycles. The number of nitrogens with zero attached hydrogens (tertiary/aromatic N) is 2. The summed E-state index contributed by atoms with van der Waals surface area (Å²) >= 11 is 0.886. The van der Waals surface area contributed by atoms with Crippen LogP contribution in [0.4, 0.5) is 6.01 Å². The Morgan fingerprint density at radius 2 is 2.33 bits per heavy atom. The lowest BCUT2D eigenvalue weighted by atomic mass is 10.6. The van der Waals surface area contributed by atoms with E-state index in [4.69, 9.17) is 4.42 Å². The minimum atomic E-state index is -3.61. The number of aryl methyl sites for hydroxylation is 1. The first-order chi connectivity index (χ1) is 7.08. The van der Waals surface area contributed by atoms with Crippen molar-refractivity contribution >= 4 is 27.6 Å². The SMILES string of the molecule is Cc1cnc(NS(=O)(=O)c2ccns2)o1. The van der Waals surface area contributed by atoms with E-state index < -0.39 is 10.0 Å². The molecule has 2 aromatic heterocycles. The summed E-state index contributed by atoms with van der Waals surface area (Å²) in [6.07, 6.45) is 2.85. The van der Waals surface area contributed by atoms with Crippen LogP contribution in [0.2, 0.25) is 0 Å². The quantitative estimate of drug-likeness (QED) is 0.879. The molecular weight excluding hydrogens is 238 g/mol. The zero-order chi connectivity index (χ0) is 10.9. The van der Waals surface area contributed by atoms with Gasteiger partial charge in [-0.15, -0.1) is 0 Å². The Hall–Kier alpha value is -1.41. The van der Waals surface area contributed by atoms with Crippen LogP contribution in [0.1, 0.15) is 5.76 Å². The molecule has 0 radical (unpaired) electrons. The maximum Gasteiger partial charge on any atom is 0.309 e. The highest BCUT2D eigenvalue weighted by atomic mass is 32.2. The molecule has 2 rings (SSSR count). The van der Waals surface area contributed by atoms with Crippen LogP contribution >= 0.6 is 11.5 Å². The van der Waals surface area contributed by atoms with E-state index in [0.29, 0.717) is 5.76 Å². The monoisotopic (exact) mass is 245 g/mol. The number of sulfonamides is 1. The van der Waals surface area contributed by atoms with Gasteiger partial charge in [0.05, 0.1) is 6.20 Å². The van der Waals surface area contributed by atoms with E-state index in [0.717, 1.165) is 11.5 Å². The van der Waals surface area contributed by atoms with Gasteiger partial charge in [-0.3, -0.25) is 0 Å². The highest BCUT2D eigenvalue weighted by molar-refractivity contribution is 7.94. The fourth-order valence-electron chi connectivity index (χ4n) is 0.910. The van der Waals surface area contributed by atoms with Gasteiger partial charge in [0.25, 0.3) is 10.0 Å². The van der Waals surface area contributed by atoms with Crippen LogP contribution in [0.5, 0.6) is 0 Å². The summed E-state index contributed by atoms with van der Waals surface area (Å²) in [6.45, 7) is 1.68. The van der Waals surface area contributed by atoms with Gasteiger partial charge < -0.3 is 4.42 Å². The molecular formula is C7H7N3O3S2. The van der Waals surface area contributed by atoms with Crippen LogP contribution < -0.4 is 4.72 Å². The van der Waals surface area contributed by atoms with Gasteiger partial charge in [-0.05, 0) is 24.5 Å². The predicted molar refractivity (Wildman–Crippen MR) is 54.2 cm³/mol. The number of oxazole rings is 1. The van der Waals surface area contributed by atoms with E-state index in [9.17, 15) is 8.42 Å². The summed E-state index contributed by atoms with van der Waals surface area (Å²) < 4.78 is 34.3. The molecule has 8 heteroatoms. The van der Waals surface area contributed by atoms with Gasteiger partial charge in [-0.2, -0.15) is 4.37 Å². The Balaban J connectivity index is 2.26. The highest BCUT2D eigenvalue weighted by Gasteiger charge is 2.18. The second-order valence-electron chi connectivity index (χ2n) is 2.71. The summed E-state index contributed by atoms with van der Waals surface area (Å²) in [5.74, 6) is 0.539. The van der Waals surface area contributed by atoms with Gasteiger partial charge >= 0.3 is 6.01 Å². The first kappa shape index (κ1) is 10.1. The van der Waals surface area contributed by atoms with Crippen molar-refractivity contribution < 1.29 is 12.8 Å². The minimum absolute atomic E-state index is 0.0408. The normalized spacial score (nSPS) is 11.5. The molecule has 2 heterocycles. The summed E-state index contributed by atoms with van der Waals surface area (Å²) in [5, 5.41) is 0. The molecule has 0 fully saturated rings. The summed E-state index contributed by atoms with van der Waals surface area (Å²) in [7, 11) is -3.61. The Kier molecular flexibility index (Phi) is 2.45. The van der Waals surface area contributed by atoms with E-state index in [1.165, 1.54) is 18.5 Å². The van der Waals surface area contributed by atoms with Crippen molar-refractivity contribution in [3.05, 3.63) is 24.2 Å². The number of anilines is 1. The van der Waals surface area contributed by atoms with Crippen LogP contribution in [-0.2, 0) is 10.0 Å². The topological polar surface area (TPSA) is 85.1 Å². The highest BCUT2D eigenvalue weighted by Crippen LogP contribution is 2.17. The third-order valence-corrected chi connectivity index (χ3v) is 4.06. The maximum atomic E-state index is 11.6. The number of rotatable bonds is 3. The van der Waals surface area contributed by atoms with Crippen molar-refractivity contribution in [3.63, 3.8) is 0 Å². The molecule has 2 aromatic rings. The standard InChI is InChI=1S/C7H7N3O3S2/c1-5-4-8-7(13-5)10-15(11,12)6-2-3-9-14-6/h2-4H,1H3,(H,8,10). The van der Waals surface area contributed by atoms with Crippen LogP contribution in [0.15, 0.2) is 27.1 Å². The molecule has 6 nitrogen and oxygen atoms in total. The Morgan fingerprint density at radius 1 is 1.53 bits per heavy atom. The van der Waals surface area contributed by atoms with Crippen molar-refractivity contribution in [2.75, 3.05) is 4.72 Å². The molecule has 0 aliphatic rings. The average molecular weight is 245 g/mol. The fourth-order valence-corrected chi connectivity index (χ4v) is 2.57. The van der Waals surface area contributed by atoms with Crippen molar-refractivity contribution in [1.29, 1.82) is 0 Å². The van der Waals surface area contributed by atoms with Crippen molar-refractivity contribution in [2.45, 2.75) is 11.1 Å². The third-order valence-electron chi connectivity index (χ3n) is 1.52. The molecule has 0 saturated heterocycles. The first-order valence-corrected chi connectivity index (χ1v) is 6.19. The fraction of sp³-hybridized carbons (Fsp3) is 0.143. The first-order valence-electron chi connectivity index (χ1n) is 3.94. The number of aromatic nitrogens is 2. The lowest BCUT2D eigenvalue weighted by molar-refractivity contribution is 0.543. The Bertz CT molecular complexity index is 544. The third kappa shape index (κ3) is 2.16. The zero-order valence-corrected chi connectivity index (χ0v) is 9.30. The van der Waals surface area contributed by atoms with Gasteiger partial charge in [0.2, 0.25) is 0 Å². The minimum Gasteiger partial charge on any atom is -0.428 e. The van der Waals surface area contributed by atoms with Crippen LogP contribution in [0.25, 0.3) is 0 Å². The van der Waals surface area contributed by atoms with E-state index in [2.05, 4.69) is 14.1 Å². The van der Waals surface area contributed by atoms with E-state index in [1.807, 2.05) is 0 Å². The molecule has 0 aromatic carbocycles. The Labute approximate surface area is 90.2 Å². The predicted octanol–water partition coefficient (Wildman–Crippen LogP) is 1.24. The molecule has 1 N–H and O–H groups in total. The second kappa shape index (κ2) is 3.63. The average Bonchev–Trinajstić information content (AvgIpc) is 2.75. The van der Waals surface area contributed by atoms with Crippen LogP contribution in [0.3, 0.4) is 0 Å². The lowest BCUT2D eigenvalue weighted by Gasteiger charge is -1.99. The molecule has 15 heavy (non-hydrogen) atoms. The molecule has 80 valence electrons.